The maximum atomic E-state index is 13.9. The molecule has 3 saturated heterocycles. The summed E-state index contributed by atoms with van der Waals surface area (Å²) in [7, 11) is 2.56. The lowest BCUT2D eigenvalue weighted by atomic mass is 9.76. The Morgan fingerprint density at radius 2 is 1.88 bits per heavy atom. The molecule has 3 aliphatic heterocycles. The van der Waals surface area contributed by atoms with Crippen molar-refractivity contribution < 1.29 is 43.6 Å². The van der Waals surface area contributed by atoms with E-state index >= 15 is 0 Å². The van der Waals surface area contributed by atoms with Crippen LogP contribution >= 0.6 is 11.8 Å². The highest BCUT2D eigenvalue weighted by atomic mass is 32.2. The minimum atomic E-state index is -2.00. The predicted molar refractivity (Wildman–Crippen MR) is 118 cm³/mol. The van der Waals surface area contributed by atoms with E-state index in [1.807, 2.05) is 0 Å². The maximum Gasteiger partial charge on any atom is 0.303 e. The van der Waals surface area contributed by atoms with E-state index in [1.54, 1.807) is 27.0 Å². The van der Waals surface area contributed by atoms with Gasteiger partial charge in [-0.2, -0.15) is 0 Å². The number of ether oxygens (including phenoxy) is 3. The van der Waals surface area contributed by atoms with Gasteiger partial charge in [0.2, 0.25) is 5.72 Å². The Hall–Kier alpha value is -1.73. The minimum absolute atomic E-state index is 0.176. The van der Waals surface area contributed by atoms with Gasteiger partial charge in [-0.15, -0.1) is 11.8 Å². The summed E-state index contributed by atoms with van der Waals surface area (Å²) in [6.45, 7) is 5.52. The molecule has 0 radical (unpaired) electrons. The average Bonchev–Trinajstić information content (AvgIpc) is 3.23. The van der Waals surface area contributed by atoms with Crippen LogP contribution in [-0.4, -0.2) is 111 Å². The Labute approximate surface area is 202 Å². The van der Waals surface area contributed by atoms with Crippen molar-refractivity contribution in [2.75, 3.05) is 27.0 Å². The summed E-state index contributed by atoms with van der Waals surface area (Å²) in [5, 5.41) is 22.2. The second-order valence-electron chi connectivity index (χ2n) is 10.3. The number of ketones is 1. The number of amides is 2. The first-order chi connectivity index (χ1) is 15.7. The van der Waals surface area contributed by atoms with Gasteiger partial charge in [-0.25, -0.2) is 0 Å². The molecule has 0 aromatic carbocycles. The number of nitrogens with zero attached hydrogens (tertiary/aromatic N) is 2. The molecule has 2 N–H and O–H groups in total. The van der Waals surface area contributed by atoms with E-state index in [-0.39, 0.29) is 18.6 Å². The zero-order valence-electron chi connectivity index (χ0n) is 20.4. The third-order valence-corrected chi connectivity index (χ3v) is 9.65. The number of thioether (sulfide) groups is 1. The van der Waals surface area contributed by atoms with Crippen LogP contribution in [0.4, 0.5) is 0 Å². The summed E-state index contributed by atoms with van der Waals surface area (Å²) in [5.41, 5.74) is -6.59. The smallest absolute Gasteiger partial charge is 0.303 e. The fraction of sp³-hybridized carbons (Fsp3) is 0.818. The molecular weight excluding hydrogens is 468 g/mol. The van der Waals surface area contributed by atoms with Crippen LogP contribution in [-0.2, 0) is 33.4 Å². The zero-order chi connectivity index (χ0) is 25.6. The van der Waals surface area contributed by atoms with Gasteiger partial charge in [-0.05, 0) is 13.2 Å². The van der Waals surface area contributed by atoms with Crippen LogP contribution < -0.4 is 0 Å². The van der Waals surface area contributed by atoms with Crippen molar-refractivity contribution in [1.29, 1.82) is 0 Å². The van der Waals surface area contributed by atoms with Gasteiger partial charge in [0.15, 0.2) is 22.4 Å². The molecule has 4 fully saturated rings. The number of carbonyl (C=O) groups excluding carboxylic acids is 4. The second kappa shape index (κ2) is 7.39. The first kappa shape index (κ1) is 25.4. The number of hydrogen-bond acceptors (Lipinski definition) is 10. The number of fused-ring (bicyclic) bond motifs is 3. The Morgan fingerprint density at radius 1 is 1.26 bits per heavy atom. The molecule has 12 heteroatoms. The zero-order valence-corrected chi connectivity index (χ0v) is 21.2. The van der Waals surface area contributed by atoms with Crippen molar-refractivity contribution in [3.8, 4) is 0 Å². The lowest BCUT2D eigenvalue weighted by molar-refractivity contribution is -0.213. The number of hydrogen-bond donors (Lipinski definition) is 2. The summed E-state index contributed by atoms with van der Waals surface area (Å²) in [4.78, 5) is 54.1. The van der Waals surface area contributed by atoms with Crippen molar-refractivity contribution in [3.05, 3.63) is 0 Å². The summed E-state index contributed by atoms with van der Waals surface area (Å²) >= 11 is 1.06. The third kappa shape index (κ3) is 2.63. The maximum absolute atomic E-state index is 13.9. The Bertz CT molecular complexity index is 968. The van der Waals surface area contributed by atoms with E-state index in [4.69, 9.17) is 14.2 Å². The average molecular weight is 501 g/mol. The van der Waals surface area contributed by atoms with Gasteiger partial charge in [-0.1, -0.05) is 13.8 Å². The van der Waals surface area contributed by atoms with Crippen molar-refractivity contribution in [3.63, 3.8) is 0 Å². The molecule has 4 aliphatic rings. The Morgan fingerprint density at radius 3 is 2.32 bits per heavy atom. The summed E-state index contributed by atoms with van der Waals surface area (Å²) in [6, 6.07) is -1.11. The van der Waals surface area contributed by atoms with Crippen LogP contribution in [0.25, 0.3) is 0 Å². The highest BCUT2D eigenvalue weighted by Crippen LogP contribution is 2.63. The largest absolute Gasteiger partial charge is 0.456 e. The number of methoxy groups -OCH3 is 1. The van der Waals surface area contributed by atoms with E-state index < -0.39 is 69.9 Å². The highest BCUT2D eigenvalue weighted by molar-refractivity contribution is 8.00. The normalized spacial score (nSPS) is 45.2. The second-order valence-corrected chi connectivity index (χ2v) is 11.3. The van der Waals surface area contributed by atoms with E-state index in [9.17, 15) is 29.4 Å². The number of esters is 1. The van der Waals surface area contributed by atoms with Gasteiger partial charge in [0, 0.05) is 33.9 Å². The fourth-order valence-electron chi connectivity index (χ4n) is 6.29. The monoisotopic (exact) mass is 500 g/mol. The molecule has 7 unspecified atom stereocenters. The van der Waals surface area contributed by atoms with E-state index in [0.717, 1.165) is 23.6 Å². The molecule has 1 aliphatic carbocycles. The van der Waals surface area contributed by atoms with E-state index in [2.05, 4.69) is 0 Å². The molecule has 7 atom stereocenters. The van der Waals surface area contributed by atoms with Crippen LogP contribution in [0.1, 0.15) is 40.5 Å². The summed E-state index contributed by atoms with van der Waals surface area (Å²) in [5.74, 6) is -2.36. The molecule has 1 spiro atoms. The summed E-state index contributed by atoms with van der Waals surface area (Å²) in [6.07, 6.45) is -0.827. The SMILES string of the molecule is COC1(CO)C(=O)N2C3CC4(OC(C)C(C)(C)C4=O)C(OC(C)=O)C3(O)CC2(SC)C(=O)N1C. The number of piperazine rings is 1. The van der Waals surface area contributed by atoms with Gasteiger partial charge in [-0.3, -0.25) is 19.2 Å². The molecule has 2 amide bonds. The van der Waals surface area contributed by atoms with E-state index in [0.29, 0.717) is 0 Å². The Balaban J connectivity index is 1.92. The highest BCUT2D eigenvalue weighted by Gasteiger charge is 2.82. The molecule has 0 bridgehead atoms. The topological polar surface area (TPSA) is 143 Å². The van der Waals surface area contributed by atoms with Gasteiger partial charge < -0.3 is 34.2 Å². The molecule has 3 heterocycles. The molecule has 34 heavy (non-hydrogen) atoms. The first-order valence-electron chi connectivity index (χ1n) is 11.1. The summed E-state index contributed by atoms with van der Waals surface area (Å²) < 4.78 is 17.1. The fourth-order valence-corrected chi connectivity index (χ4v) is 7.38. The van der Waals surface area contributed by atoms with Crippen molar-refractivity contribution in [2.45, 2.75) is 80.6 Å². The molecule has 0 aromatic rings. The number of likely N-dealkylation sites (N-methyl/N-ethyl adjacent to an activating group) is 1. The number of aliphatic hydroxyl groups is 2. The quantitative estimate of drug-likeness (QED) is 0.475. The van der Waals surface area contributed by atoms with Crippen molar-refractivity contribution in [2.24, 2.45) is 5.41 Å². The van der Waals surface area contributed by atoms with Gasteiger partial charge in [0.1, 0.15) is 12.2 Å². The number of aliphatic hydroxyl groups excluding tert-OH is 1. The number of Topliss-reactive ketones (excluding diaryl/α,β-unsaturated/α-hetero) is 1. The van der Waals surface area contributed by atoms with Crippen molar-refractivity contribution >= 4 is 35.3 Å². The third-order valence-electron chi connectivity index (χ3n) is 8.45. The van der Waals surface area contributed by atoms with Crippen LogP contribution in [0.5, 0.6) is 0 Å². The Kier molecular flexibility index (Phi) is 5.51. The molecular formula is C22H32N2O9S. The van der Waals surface area contributed by atoms with E-state index in [1.165, 1.54) is 19.1 Å². The molecule has 11 nitrogen and oxygen atoms in total. The van der Waals surface area contributed by atoms with Crippen LogP contribution in [0.2, 0.25) is 0 Å². The van der Waals surface area contributed by atoms with Gasteiger partial charge in [0.05, 0.1) is 17.6 Å². The molecule has 0 aromatic heterocycles. The van der Waals surface area contributed by atoms with Gasteiger partial charge in [0.25, 0.3) is 11.8 Å². The van der Waals surface area contributed by atoms with Crippen LogP contribution in [0.15, 0.2) is 0 Å². The molecule has 4 rings (SSSR count). The van der Waals surface area contributed by atoms with Crippen molar-refractivity contribution in [1.82, 2.24) is 9.80 Å². The standard InChI is InChI=1S/C22H32N2O9S/c1-11-18(3,4)14(27)20(33-11)8-13-19(30,15(20)32-12(2)26)9-22(34-7)17(29)23(5)21(10-25,31-6)16(28)24(13)22/h11,13,15,25,30H,8-10H2,1-7H3. The molecule has 190 valence electrons. The lowest BCUT2D eigenvalue weighted by Crippen LogP contribution is -2.76. The number of rotatable bonds is 4. The molecule has 1 saturated carbocycles. The van der Waals surface area contributed by atoms with Gasteiger partial charge >= 0.3 is 5.97 Å². The van der Waals surface area contributed by atoms with Crippen LogP contribution in [0.3, 0.4) is 0 Å². The lowest BCUT2D eigenvalue weighted by Gasteiger charge is -2.53. The van der Waals surface area contributed by atoms with Crippen LogP contribution in [0, 0.1) is 5.41 Å². The predicted octanol–water partition coefficient (Wildman–Crippen LogP) is -0.727. The number of carbonyl (C=O) groups is 4. The first-order valence-corrected chi connectivity index (χ1v) is 12.3. The minimum Gasteiger partial charge on any atom is -0.456 e.